The van der Waals surface area contributed by atoms with Crippen molar-refractivity contribution in [2.45, 2.75) is 24.8 Å². The number of aromatic nitrogens is 3. The fourth-order valence-corrected chi connectivity index (χ4v) is 6.61. The Morgan fingerprint density at radius 3 is 2.53 bits per heavy atom. The number of rotatable bonds is 4. The third-order valence-electron chi connectivity index (χ3n) is 6.87. The minimum absolute atomic E-state index is 0.213. The molecule has 186 valence electrons. The van der Waals surface area contributed by atoms with E-state index >= 15 is 0 Å². The van der Waals surface area contributed by atoms with Gasteiger partial charge in [-0.3, -0.25) is 0 Å². The van der Waals surface area contributed by atoms with E-state index in [2.05, 4.69) is 14.8 Å². The molecule has 2 aromatic carbocycles. The highest BCUT2D eigenvalue weighted by atomic mass is 32.2. The molecule has 6 rings (SSSR count). The Bertz CT molecular complexity index is 1550. The van der Waals surface area contributed by atoms with E-state index in [0.29, 0.717) is 55.3 Å². The summed E-state index contributed by atoms with van der Waals surface area (Å²) >= 11 is 0. The maximum atomic E-state index is 14.4. The minimum Gasteiger partial charge on any atom is -0.378 e. The summed E-state index contributed by atoms with van der Waals surface area (Å²) in [4.78, 5) is 13.6. The lowest BCUT2D eigenvalue weighted by molar-refractivity contribution is 0.122. The third kappa shape index (κ3) is 3.90. The van der Waals surface area contributed by atoms with E-state index in [1.54, 1.807) is 36.5 Å². The van der Waals surface area contributed by atoms with Crippen molar-refractivity contribution in [2.75, 3.05) is 42.6 Å². The summed E-state index contributed by atoms with van der Waals surface area (Å²) in [5, 5.41) is 0.604. The van der Waals surface area contributed by atoms with Crippen LogP contribution in [-0.2, 0) is 27.7 Å². The van der Waals surface area contributed by atoms with Gasteiger partial charge < -0.3 is 14.5 Å². The molecule has 0 aliphatic carbocycles. The second-order valence-corrected chi connectivity index (χ2v) is 10.9. The van der Waals surface area contributed by atoms with Gasteiger partial charge in [-0.15, -0.1) is 0 Å². The summed E-state index contributed by atoms with van der Waals surface area (Å²) in [5.74, 6) is 1.01. The van der Waals surface area contributed by atoms with Crippen LogP contribution >= 0.6 is 0 Å². The SMILES string of the molecule is Cc1ccc(S(=O)(=O)n2c3c(c4cc(F)ccc42)CN(c2ccnc(N4CCOCC4)n2)CC3)cc1. The molecule has 0 saturated carbocycles. The first-order valence-corrected chi connectivity index (χ1v) is 13.4. The molecule has 1 saturated heterocycles. The van der Waals surface area contributed by atoms with Gasteiger partial charge in [-0.05, 0) is 43.3 Å². The van der Waals surface area contributed by atoms with E-state index in [4.69, 9.17) is 9.72 Å². The number of fused-ring (bicyclic) bond motifs is 3. The van der Waals surface area contributed by atoms with E-state index in [-0.39, 0.29) is 4.90 Å². The van der Waals surface area contributed by atoms with Gasteiger partial charge in [0, 0.05) is 55.4 Å². The lowest BCUT2D eigenvalue weighted by Gasteiger charge is -2.31. The van der Waals surface area contributed by atoms with Crippen LogP contribution in [0.15, 0.2) is 59.6 Å². The summed E-state index contributed by atoms with van der Waals surface area (Å²) in [6.07, 6.45) is 2.22. The van der Waals surface area contributed by atoms with E-state index in [1.165, 1.54) is 16.1 Å². The Hall–Kier alpha value is -3.50. The van der Waals surface area contributed by atoms with Crippen LogP contribution in [0.1, 0.15) is 16.8 Å². The van der Waals surface area contributed by atoms with Gasteiger partial charge in [0.05, 0.1) is 23.6 Å². The molecule has 36 heavy (non-hydrogen) atoms. The number of anilines is 2. The number of aryl methyl sites for hydroxylation is 1. The average molecular weight is 508 g/mol. The van der Waals surface area contributed by atoms with E-state index in [1.807, 2.05) is 13.0 Å². The lowest BCUT2D eigenvalue weighted by Crippen LogP contribution is -2.38. The van der Waals surface area contributed by atoms with Crippen LogP contribution in [0.3, 0.4) is 0 Å². The molecule has 8 nitrogen and oxygen atoms in total. The molecule has 0 spiro atoms. The molecule has 4 aromatic rings. The Morgan fingerprint density at radius 1 is 0.972 bits per heavy atom. The zero-order valence-electron chi connectivity index (χ0n) is 19.9. The maximum Gasteiger partial charge on any atom is 0.268 e. The molecule has 0 radical (unpaired) electrons. The maximum absolute atomic E-state index is 14.4. The average Bonchev–Trinajstić information content (AvgIpc) is 3.23. The van der Waals surface area contributed by atoms with E-state index < -0.39 is 15.8 Å². The van der Waals surface area contributed by atoms with E-state index in [0.717, 1.165) is 30.0 Å². The van der Waals surface area contributed by atoms with Crippen LogP contribution in [0, 0.1) is 12.7 Å². The standard InChI is InChI=1S/C26H26FN5O3S/c1-18-2-5-20(6-3-18)36(33,34)32-23-7-4-19(27)16-21(23)22-17-31(11-9-24(22)32)25-8-10-28-26(29-25)30-12-14-35-15-13-30/h2-8,10,16H,9,11-15,17H2,1H3. The van der Waals surface area contributed by atoms with Gasteiger partial charge in [0.15, 0.2) is 0 Å². The molecular weight excluding hydrogens is 481 g/mol. The summed E-state index contributed by atoms with van der Waals surface area (Å²) in [6.45, 7) is 5.66. The highest BCUT2D eigenvalue weighted by Crippen LogP contribution is 2.35. The summed E-state index contributed by atoms with van der Waals surface area (Å²) in [6, 6.07) is 13.0. The van der Waals surface area contributed by atoms with Gasteiger partial charge in [-0.25, -0.2) is 21.8 Å². The van der Waals surface area contributed by atoms with Gasteiger partial charge in [0.2, 0.25) is 5.95 Å². The third-order valence-corrected chi connectivity index (χ3v) is 8.63. The summed E-state index contributed by atoms with van der Waals surface area (Å²) in [5.41, 5.74) is 2.96. The smallest absolute Gasteiger partial charge is 0.268 e. The molecule has 2 aliphatic heterocycles. The Kier molecular flexibility index (Phi) is 5.65. The minimum atomic E-state index is -3.87. The Morgan fingerprint density at radius 2 is 1.75 bits per heavy atom. The Labute approximate surface area is 209 Å². The van der Waals surface area contributed by atoms with Gasteiger partial charge in [-0.2, -0.15) is 4.98 Å². The molecule has 0 N–H and O–H groups in total. The predicted molar refractivity (Wildman–Crippen MR) is 135 cm³/mol. The quantitative estimate of drug-likeness (QED) is 0.418. The molecular formula is C26H26FN5O3S. The summed E-state index contributed by atoms with van der Waals surface area (Å²) in [7, 11) is -3.87. The van der Waals surface area contributed by atoms with Crippen molar-refractivity contribution >= 4 is 32.7 Å². The zero-order valence-corrected chi connectivity index (χ0v) is 20.7. The van der Waals surface area contributed by atoms with Crippen molar-refractivity contribution in [3.63, 3.8) is 0 Å². The van der Waals surface area contributed by atoms with Crippen molar-refractivity contribution in [3.05, 3.63) is 77.4 Å². The monoisotopic (exact) mass is 507 g/mol. The van der Waals surface area contributed by atoms with Gasteiger partial charge in [0.1, 0.15) is 11.6 Å². The molecule has 0 bridgehead atoms. The number of benzene rings is 2. The predicted octanol–water partition coefficient (Wildman–Crippen LogP) is 3.52. The highest BCUT2D eigenvalue weighted by Gasteiger charge is 2.31. The van der Waals surface area contributed by atoms with Crippen LogP contribution in [0.4, 0.5) is 16.2 Å². The van der Waals surface area contributed by atoms with Crippen molar-refractivity contribution in [1.29, 1.82) is 0 Å². The molecule has 4 heterocycles. The van der Waals surface area contributed by atoms with Gasteiger partial charge in [-0.1, -0.05) is 17.7 Å². The first kappa shape index (κ1) is 22.9. The molecule has 0 amide bonds. The normalized spacial score (nSPS) is 16.4. The molecule has 10 heteroatoms. The largest absolute Gasteiger partial charge is 0.378 e. The molecule has 0 unspecified atom stereocenters. The van der Waals surface area contributed by atoms with Crippen molar-refractivity contribution in [3.8, 4) is 0 Å². The first-order valence-electron chi connectivity index (χ1n) is 12.0. The second-order valence-electron chi connectivity index (χ2n) is 9.16. The number of morpholine rings is 1. The van der Waals surface area contributed by atoms with Gasteiger partial charge in [0.25, 0.3) is 10.0 Å². The molecule has 1 fully saturated rings. The Balaban J connectivity index is 1.42. The number of hydrogen-bond acceptors (Lipinski definition) is 7. The number of halogens is 1. The number of nitrogens with zero attached hydrogens (tertiary/aromatic N) is 5. The molecule has 2 aliphatic rings. The molecule has 0 atom stereocenters. The topological polar surface area (TPSA) is 80.6 Å². The molecule has 2 aromatic heterocycles. The van der Waals surface area contributed by atoms with Crippen molar-refractivity contribution in [1.82, 2.24) is 13.9 Å². The first-order chi connectivity index (χ1) is 17.4. The van der Waals surface area contributed by atoms with Crippen LogP contribution in [0.25, 0.3) is 10.9 Å². The fraction of sp³-hybridized carbons (Fsp3) is 0.308. The van der Waals surface area contributed by atoms with Crippen molar-refractivity contribution in [2.24, 2.45) is 0 Å². The summed E-state index contributed by atoms with van der Waals surface area (Å²) < 4.78 is 48.7. The van der Waals surface area contributed by atoms with E-state index in [9.17, 15) is 12.8 Å². The number of ether oxygens (including phenoxy) is 1. The number of hydrogen-bond donors (Lipinski definition) is 0. The van der Waals surface area contributed by atoms with Crippen LogP contribution in [0.5, 0.6) is 0 Å². The van der Waals surface area contributed by atoms with Gasteiger partial charge >= 0.3 is 0 Å². The zero-order chi connectivity index (χ0) is 24.9. The van der Waals surface area contributed by atoms with Crippen molar-refractivity contribution < 1.29 is 17.5 Å². The van der Waals surface area contributed by atoms with Crippen LogP contribution in [0.2, 0.25) is 0 Å². The van der Waals surface area contributed by atoms with Crippen LogP contribution in [-0.4, -0.2) is 55.2 Å². The van der Waals surface area contributed by atoms with Crippen LogP contribution < -0.4 is 9.80 Å². The lowest BCUT2D eigenvalue weighted by atomic mass is 10.0. The fourth-order valence-electron chi connectivity index (χ4n) is 5.01. The highest BCUT2D eigenvalue weighted by molar-refractivity contribution is 7.90. The second kappa shape index (κ2) is 8.86.